The summed E-state index contributed by atoms with van der Waals surface area (Å²) in [6.07, 6.45) is 1.68. The van der Waals surface area contributed by atoms with E-state index in [1.54, 1.807) is 36.4 Å². The van der Waals surface area contributed by atoms with Crippen LogP contribution in [0.15, 0.2) is 53.7 Å². The van der Waals surface area contributed by atoms with Crippen LogP contribution in [-0.2, 0) is 11.2 Å². The van der Waals surface area contributed by atoms with Crippen molar-refractivity contribution in [3.8, 4) is 0 Å². The average molecular weight is 432 g/mol. The molecule has 0 fully saturated rings. The highest BCUT2D eigenvalue weighted by Crippen LogP contribution is 2.38. The fourth-order valence-corrected chi connectivity index (χ4v) is 4.45. The zero-order valence-corrected chi connectivity index (χ0v) is 17.2. The van der Waals surface area contributed by atoms with Crippen LogP contribution in [0.3, 0.4) is 0 Å². The first-order chi connectivity index (χ1) is 14.1. The maximum atomic E-state index is 13.5. The van der Waals surface area contributed by atoms with Gasteiger partial charge in [0.2, 0.25) is 11.1 Å². The molecule has 1 aromatic heterocycles. The summed E-state index contributed by atoms with van der Waals surface area (Å²) >= 11 is 7.51. The summed E-state index contributed by atoms with van der Waals surface area (Å²) in [5.74, 6) is 0.245. The lowest BCUT2D eigenvalue weighted by atomic mass is 10.0. The number of para-hydroxylation sites is 1. The van der Waals surface area contributed by atoms with Crippen LogP contribution in [0.5, 0.6) is 0 Å². The molecule has 2 aromatic carbocycles. The van der Waals surface area contributed by atoms with Gasteiger partial charge in [0.15, 0.2) is 5.82 Å². The van der Waals surface area contributed by atoms with Gasteiger partial charge in [-0.25, -0.2) is 9.07 Å². The van der Waals surface area contributed by atoms with E-state index in [1.165, 1.54) is 23.9 Å². The quantitative estimate of drug-likeness (QED) is 0.625. The molecule has 4 rings (SSSR count). The Morgan fingerprint density at radius 1 is 1.24 bits per heavy atom. The van der Waals surface area contributed by atoms with E-state index in [4.69, 9.17) is 11.6 Å². The first-order valence-electron chi connectivity index (χ1n) is 9.25. The second kappa shape index (κ2) is 8.42. The van der Waals surface area contributed by atoms with Crippen LogP contribution < -0.4 is 10.7 Å². The second-order valence-corrected chi connectivity index (χ2v) is 8.17. The highest BCUT2D eigenvalue weighted by atomic mass is 35.5. The number of carbonyl (C=O) groups excluding carboxylic acids is 1. The summed E-state index contributed by atoms with van der Waals surface area (Å²) in [5.41, 5.74) is 4.68. The van der Waals surface area contributed by atoms with E-state index in [2.05, 4.69) is 27.9 Å². The molecule has 150 valence electrons. The van der Waals surface area contributed by atoms with Crippen molar-refractivity contribution in [2.24, 2.45) is 0 Å². The van der Waals surface area contributed by atoms with E-state index in [-0.39, 0.29) is 11.7 Å². The van der Waals surface area contributed by atoms with Gasteiger partial charge in [-0.15, -0.1) is 10.2 Å². The van der Waals surface area contributed by atoms with Gasteiger partial charge in [-0.3, -0.25) is 4.79 Å². The van der Waals surface area contributed by atoms with Crippen LogP contribution in [0.2, 0.25) is 5.02 Å². The molecule has 29 heavy (non-hydrogen) atoms. The van der Waals surface area contributed by atoms with Crippen LogP contribution in [0.25, 0.3) is 0 Å². The fraction of sp³-hybridized carbons (Fsp3) is 0.250. The van der Waals surface area contributed by atoms with Crippen LogP contribution in [-0.4, -0.2) is 26.0 Å². The van der Waals surface area contributed by atoms with Gasteiger partial charge in [0.05, 0.1) is 16.8 Å². The van der Waals surface area contributed by atoms with Crippen LogP contribution in [0.4, 0.5) is 10.1 Å². The van der Waals surface area contributed by atoms with E-state index >= 15 is 0 Å². The zero-order chi connectivity index (χ0) is 20.4. The third kappa shape index (κ3) is 4.09. The van der Waals surface area contributed by atoms with Gasteiger partial charge < -0.3 is 10.7 Å². The Hall–Kier alpha value is -2.58. The standard InChI is InChI=1S/C20H19ClFN5OS/c1-2-5-16-24-25-20-27(16)26-17(12-8-10-13(22)11-9-12)18(29-20)19(28)23-15-7-4-3-6-14(15)21/h3-4,6-11,17-18,26H,2,5H2,1H3,(H,23,28)/t17-,18+/m1/s1. The Kier molecular flexibility index (Phi) is 5.73. The molecule has 3 aromatic rings. The molecule has 1 amide bonds. The molecule has 0 spiro atoms. The van der Waals surface area contributed by atoms with Crippen molar-refractivity contribution in [2.45, 2.75) is 36.2 Å². The van der Waals surface area contributed by atoms with Crippen molar-refractivity contribution >= 4 is 35.0 Å². The number of halogens is 2. The number of hydrogen-bond acceptors (Lipinski definition) is 5. The van der Waals surface area contributed by atoms with Crippen molar-refractivity contribution in [1.82, 2.24) is 14.9 Å². The molecule has 0 radical (unpaired) electrons. The average Bonchev–Trinajstić information content (AvgIpc) is 3.11. The van der Waals surface area contributed by atoms with Gasteiger partial charge in [0, 0.05) is 6.42 Å². The van der Waals surface area contributed by atoms with Crippen LogP contribution in [0, 0.1) is 5.82 Å². The Bertz CT molecular complexity index is 1030. The normalized spacial score (nSPS) is 18.0. The minimum absolute atomic E-state index is 0.226. The molecular formula is C20H19ClFN5OS. The van der Waals surface area contributed by atoms with Gasteiger partial charge in [-0.1, -0.05) is 54.6 Å². The molecule has 1 aliphatic heterocycles. The molecular weight excluding hydrogens is 413 g/mol. The number of hydrogen-bond donors (Lipinski definition) is 2. The van der Waals surface area contributed by atoms with Crippen molar-refractivity contribution in [1.29, 1.82) is 0 Å². The lowest BCUT2D eigenvalue weighted by Crippen LogP contribution is -2.41. The van der Waals surface area contributed by atoms with E-state index in [0.29, 0.717) is 15.9 Å². The molecule has 0 bridgehead atoms. The molecule has 2 heterocycles. The molecule has 2 atom stereocenters. The SMILES string of the molecule is CCCc1nnc2n1N[C@H](c1ccc(F)cc1)[C@@H](C(=O)Nc1ccccc1Cl)S2. The third-order valence-electron chi connectivity index (χ3n) is 4.60. The molecule has 2 N–H and O–H groups in total. The maximum absolute atomic E-state index is 13.5. The Balaban J connectivity index is 1.67. The molecule has 0 saturated carbocycles. The highest BCUT2D eigenvalue weighted by molar-refractivity contribution is 8.00. The number of thioether (sulfide) groups is 1. The number of aryl methyl sites for hydroxylation is 1. The predicted molar refractivity (Wildman–Crippen MR) is 112 cm³/mol. The summed E-state index contributed by atoms with van der Waals surface area (Å²) in [6.45, 7) is 2.06. The van der Waals surface area contributed by atoms with Crippen molar-refractivity contribution in [2.75, 3.05) is 10.7 Å². The highest BCUT2D eigenvalue weighted by Gasteiger charge is 2.37. The van der Waals surface area contributed by atoms with E-state index < -0.39 is 11.3 Å². The zero-order valence-electron chi connectivity index (χ0n) is 15.6. The lowest BCUT2D eigenvalue weighted by Gasteiger charge is -2.33. The van der Waals surface area contributed by atoms with Gasteiger partial charge in [-0.2, -0.15) is 0 Å². The number of nitrogens with zero attached hydrogens (tertiary/aromatic N) is 3. The Labute approximate surface area is 176 Å². The largest absolute Gasteiger partial charge is 0.324 e. The van der Waals surface area contributed by atoms with Gasteiger partial charge in [0.25, 0.3) is 0 Å². The number of carbonyl (C=O) groups is 1. The number of aromatic nitrogens is 3. The monoisotopic (exact) mass is 431 g/mol. The van der Waals surface area contributed by atoms with E-state index in [9.17, 15) is 9.18 Å². The first-order valence-corrected chi connectivity index (χ1v) is 10.5. The summed E-state index contributed by atoms with van der Waals surface area (Å²) in [7, 11) is 0. The van der Waals surface area contributed by atoms with Crippen LogP contribution in [0.1, 0.15) is 30.8 Å². The predicted octanol–water partition coefficient (Wildman–Crippen LogP) is 4.42. The first kappa shape index (κ1) is 19.7. The lowest BCUT2D eigenvalue weighted by molar-refractivity contribution is -0.116. The van der Waals surface area contributed by atoms with E-state index in [1.807, 2.05) is 4.68 Å². The van der Waals surface area contributed by atoms with Crippen molar-refractivity contribution < 1.29 is 9.18 Å². The fourth-order valence-electron chi connectivity index (χ4n) is 3.17. The number of benzene rings is 2. The molecule has 9 heteroatoms. The van der Waals surface area contributed by atoms with E-state index in [0.717, 1.165) is 24.2 Å². The Morgan fingerprint density at radius 3 is 2.72 bits per heavy atom. The minimum atomic E-state index is -0.553. The molecule has 1 aliphatic rings. The van der Waals surface area contributed by atoms with Crippen molar-refractivity contribution in [3.05, 3.63) is 70.8 Å². The van der Waals surface area contributed by atoms with Gasteiger partial charge in [0.1, 0.15) is 11.1 Å². The van der Waals surface area contributed by atoms with Crippen LogP contribution >= 0.6 is 23.4 Å². The smallest absolute Gasteiger partial charge is 0.240 e. The maximum Gasteiger partial charge on any atom is 0.240 e. The molecule has 0 aliphatic carbocycles. The minimum Gasteiger partial charge on any atom is -0.324 e. The number of fused-ring (bicyclic) bond motifs is 1. The molecule has 6 nitrogen and oxygen atoms in total. The van der Waals surface area contributed by atoms with Crippen molar-refractivity contribution in [3.63, 3.8) is 0 Å². The number of nitrogens with one attached hydrogen (secondary N) is 2. The summed E-state index contributed by atoms with van der Waals surface area (Å²) in [5, 5.41) is 11.9. The molecule has 0 saturated heterocycles. The van der Waals surface area contributed by atoms with Gasteiger partial charge in [-0.05, 0) is 36.2 Å². The number of amides is 1. The number of rotatable bonds is 5. The number of anilines is 1. The summed E-state index contributed by atoms with van der Waals surface area (Å²) in [6, 6.07) is 12.8. The molecule has 0 unspecified atom stereocenters. The Morgan fingerprint density at radius 2 is 2.00 bits per heavy atom. The summed E-state index contributed by atoms with van der Waals surface area (Å²) < 4.78 is 15.3. The summed E-state index contributed by atoms with van der Waals surface area (Å²) in [4.78, 5) is 13.2. The van der Waals surface area contributed by atoms with Gasteiger partial charge >= 0.3 is 0 Å². The second-order valence-electron chi connectivity index (χ2n) is 6.65. The third-order valence-corrected chi connectivity index (χ3v) is 6.14. The topological polar surface area (TPSA) is 71.8 Å².